The Morgan fingerprint density at radius 2 is 2.11 bits per heavy atom. The van der Waals surface area contributed by atoms with Crippen molar-refractivity contribution in [2.24, 2.45) is 5.92 Å². The number of aryl methyl sites for hydroxylation is 3. The van der Waals surface area contributed by atoms with Crippen molar-refractivity contribution in [3.63, 3.8) is 0 Å². The van der Waals surface area contributed by atoms with Gasteiger partial charge in [-0.15, -0.1) is 11.3 Å². The van der Waals surface area contributed by atoms with Gasteiger partial charge in [-0.25, -0.2) is 9.66 Å². The molecule has 0 aromatic carbocycles. The Hall–Kier alpha value is -3.80. The summed E-state index contributed by atoms with van der Waals surface area (Å²) in [5.41, 5.74) is 4.01. The van der Waals surface area contributed by atoms with E-state index in [1.165, 1.54) is 20.3 Å². The highest BCUT2D eigenvalue weighted by molar-refractivity contribution is 7.18. The van der Waals surface area contributed by atoms with E-state index in [9.17, 15) is 19.7 Å². The normalized spacial score (nSPS) is 15.4. The molecule has 0 saturated heterocycles. The largest absolute Gasteiger partial charge is 0.454 e. The van der Waals surface area contributed by atoms with Crippen molar-refractivity contribution in [2.45, 2.75) is 53.5 Å². The molecule has 0 spiro atoms. The Morgan fingerprint density at radius 1 is 1.34 bits per heavy atom. The van der Waals surface area contributed by atoms with Crippen LogP contribution in [0.2, 0.25) is 0 Å². The van der Waals surface area contributed by atoms with Gasteiger partial charge in [-0.05, 0) is 63.6 Å². The van der Waals surface area contributed by atoms with Crippen LogP contribution in [-0.4, -0.2) is 30.3 Å². The van der Waals surface area contributed by atoms with E-state index in [-0.39, 0.29) is 23.6 Å². The highest BCUT2D eigenvalue weighted by Gasteiger charge is 2.25. The standard InChI is InChI=1S/C23H24N6O5S/c1-11-5-7-16-18(9-11)35-22-19(16)23(31)28(14(4)24-22)26-21(30)17-8-6-15(34-17)10-27-13(3)20(29(32)33)12(2)25-27/h6,8,11H,5,7,9-10H2,1-4H3,(H,26,30)/t11-/m1/s1. The van der Waals surface area contributed by atoms with Gasteiger partial charge >= 0.3 is 11.6 Å². The van der Waals surface area contributed by atoms with E-state index in [4.69, 9.17) is 4.42 Å². The zero-order valence-electron chi connectivity index (χ0n) is 19.7. The maximum atomic E-state index is 13.3. The van der Waals surface area contributed by atoms with E-state index >= 15 is 0 Å². The number of nitrogens with zero attached hydrogens (tertiary/aromatic N) is 5. The van der Waals surface area contributed by atoms with Crippen molar-refractivity contribution in [3.05, 3.63) is 71.8 Å². The van der Waals surface area contributed by atoms with Crippen LogP contribution in [0.3, 0.4) is 0 Å². The number of thiophene rings is 1. The number of amides is 1. The van der Waals surface area contributed by atoms with Gasteiger partial charge in [0, 0.05) is 4.88 Å². The highest BCUT2D eigenvalue weighted by Crippen LogP contribution is 2.35. The summed E-state index contributed by atoms with van der Waals surface area (Å²) in [5.74, 6) is 0.758. The van der Waals surface area contributed by atoms with Gasteiger partial charge in [-0.3, -0.25) is 29.8 Å². The molecule has 182 valence electrons. The van der Waals surface area contributed by atoms with Gasteiger partial charge in [-0.2, -0.15) is 5.10 Å². The van der Waals surface area contributed by atoms with Crippen molar-refractivity contribution < 1.29 is 14.1 Å². The van der Waals surface area contributed by atoms with Gasteiger partial charge in [0.25, 0.3) is 5.56 Å². The van der Waals surface area contributed by atoms with Crippen LogP contribution in [0.1, 0.15) is 57.3 Å². The molecule has 0 saturated carbocycles. The molecule has 4 heterocycles. The van der Waals surface area contributed by atoms with Gasteiger partial charge in [0.05, 0.1) is 16.9 Å². The third-order valence-electron chi connectivity index (χ3n) is 6.43. The fourth-order valence-corrected chi connectivity index (χ4v) is 6.04. The molecule has 1 aliphatic carbocycles. The lowest BCUT2D eigenvalue weighted by Gasteiger charge is -2.17. The van der Waals surface area contributed by atoms with Crippen molar-refractivity contribution >= 4 is 33.1 Å². The Kier molecular flexibility index (Phi) is 5.55. The monoisotopic (exact) mass is 496 g/mol. The number of carbonyl (C=O) groups is 1. The number of rotatable bonds is 5. The molecule has 1 atom stereocenters. The van der Waals surface area contributed by atoms with Crippen molar-refractivity contribution in [1.29, 1.82) is 0 Å². The van der Waals surface area contributed by atoms with E-state index < -0.39 is 10.8 Å². The predicted molar refractivity (Wildman–Crippen MR) is 130 cm³/mol. The van der Waals surface area contributed by atoms with Gasteiger partial charge < -0.3 is 4.42 Å². The zero-order valence-corrected chi connectivity index (χ0v) is 20.6. The molecule has 4 aromatic heterocycles. The molecule has 1 aliphatic rings. The second kappa shape index (κ2) is 8.45. The zero-order chi connectivity index (χ0) is 25.0. The molecule has 4 aromatic rings. The summed E-state index contributed by atoms with van der Waals surface area (Å²) in [6.07, 6.45) is 2.79. The average molecular weight is 497 g/mol. The first-order valence-corrected chi connectivity index (χ1v) is 12.1. The molecule has 5 rings (SSSR count). The number of nitrogens with one attached hydrogen (secondary N) is 1. The van der Waals surface area contributed by atoms with Crippen LogP contribution in [0.4, 0.5) is 5.69 Å². The van der Waals surface area contributed by atoms with Crippen LogP contribution >= 0.6 is 11.3 Å². The van der Waals surface area contributed by atoms with Crippen molar-refractivity contribution in [1.82, 2.24) is 19.4 Å². The Balaban J connectivity index is 1.40. The highest BCUT2D eigenvalue weighted by atomic mass is 32.1. The fourth-order valence-electron chi connectivity index (χ4n) is 4.62. The van der Waals surface area contributed by atoms with E-state index in [1.807, 2.05) is 0 Å². The molecule has 1 amide bonds. The summed E-state index contributed by atoms with van der Waals surface area (Å²) in [4.78, 5) is 43.5. The molecule has 35 heavy (non-hydrogen) atoms. The van der Waals surface area contributed by atoms with Gasteiger partial charge in [0.2, 0.25) is 0 Å². The molecular formula is C23H24N6O5S. The molecule has 12 heteroatoms. The maximum Gasteiger partial charge on any atom is 0.312 e. The summed E-state index contributed by atoms with van der Waals surface area (Å²) < 4.78 is 8.29. The third-order valence-corrected chi connectivity index (χ3v) is 7.58. The number of aromatic nitrogens is 4. The third kappa shape index (κ3) is 3.93. The minimum absolute atomic E-state index is 0.00333. The quantitative estimate of drug-likeness (QED) is 0.329. The fraction of sp³-hybridized carbons (Fsp3) is 0.391. The molecule has 0 radical (unpaired) electrons. The Labute approximate surface area is 203 Å². The van der Waals surface area contributed by atoms with Gasteiger partial charge in [0.15, 0.2) is 5.76 Å². The molecule has 0 unspecified atom stereocenters. The predicted octanol–water partition coefficient (Wildman–Crippen LogP) is 3.64. The van der Waals surface area contributed by atoms with Gasteiger partial charge in [0.1, 0.15) is 27.8 Å². The Bertz CT molecular complexity index is 1560. The van der Waals surface area contributed by atoms with Crippen LogP contribution in [0.25, 0.3) is 10.2 Å². The van der Waals surface area contributed by atoms with E-state index in [2.05, 4.69) is 22.4 Å². The molecular weight excluding hydrogens is 472 g/mol. The number of nitro groups is 1. The minimum atomic E-state index is -0.598. The smallest absolute Gasteiger partial charge is 0.312 e. The second-order valence-electron chi connectivity index (χ2n) is 8.97. The first-order valence-electron chi connectivity index (χ1n) is 11.3. The molecule has 1 N–H and O–H groups in total. The first kappa shape index (κ1) is 23.0. The number of hydrogen-bond acceptors (Lipinski definition) is 8. The Morgan fingerprint density at radius 3 is 2.83 bits per heavy atom. The molecule has 0 aliphatic heterocycles. The van der Waals surface area contributed by atoms with Crippen LogP contribution in [0, 0.1) is 36.8 Å². The topological polar surface area (TPSA) is 138 Å². The number of hydrogen-bond donors (Lipinski definition) is 1. The molecule has 0 bridgehead atoms. The van der Waals surface area contributed by atoms with E-state index in [1.54, 1.807) is 38.2 Å². The summed E-state index contributed by atoms with van der Waals surface area (Å²) in [6.45, 7) is 7.18. The van der Waals surface area contributed by atoms with Crippen LogP contribution in [-0.2, 0) is 19.4 Å². The molecule has 11 nitrogen and oxygen atoms in total. The summed E-state index contributed by atoms with van der Waals surface area (Å²) in [5, 5.41) is 16.0. The summed E-state index contributed by atoms with van der Waals surface area (Å²) >= 11 is 1.56. The van der Waals surface area contributed by atoms with Crippen LogP contribution in [0.5, 0.6) is 0 Å². The minimum Gasteiger partial charge on any atom is -0.454 e. The summed E-state index contributed by atoms with van der Waals surface area (Å²) in [6, 6.07) is 3.09. The first-order chi connectivity index (χ1) is 16.6. The maximum absolute atomic E-state index is 13.3. The van der Waals surface area contributed by atoms with Crippen molar-refractivity contribution in [3.8, 4) is 0 Å². The van der Waals surface area contributed by atoms with Crippen LogP contribution < -0.4 is 11.0 Å². The average Bonchev–Trinajstić information content (AvgIpc) is 3.46. The van der Waals surface area contributed by atoms with Crippen molar-refractivity contribution in [2.75, 3.05) is 5.43 Å². The lowest BCUT2D eigenvalue weighted by molar-refractivity contribution is -0.386. The number of fused-ring (bicyclic) bond motifs is 3. The SMILES string of the molecule is Cc1nn(Cc2ccc(C(=O)Nn3c(C)nc4sc5c(c4c3=O)CC[C@@H](C)C5)o2)c(C)c1[N+](=O)[O-]. The number of carbonyl (C=O) groups excluding carboxylic acids is 1. The molecule has 0 fully saturated rings. The van der Waals surface area contributed by atoms with Crippen LogP contribution in [0.15, 0.2) is 21.3 Å². The summed E-state index contributed by atoms with van der Waals surface area (Å²) in [7, 11) is 0. The lowest BCUT2D eigenvalue weighted by atomic mass is 9.89. The van der Waals surface area contributed by atoms with E-state index in [0.717, 1.165) is 24.8 Å². The number of furan rings is 1. The second-order valence-corrected chi connectivity index (χ2v) is 10.1. The van der Waals surface area contributed by atoms with Gasteiger partial charge in [-0.1, -0.05) is 6.92 Å². The lowest BCUT2D eigenvalue weighted by Crippen LogP contribution is -2.35. The van der Waals surface area contributed by atoms with E-state index in [0.29, 0.717) is 39.1 Å².